The average Bonchev–Trinajstić information content (AvgIpc) is 2.69. The van der Waals surface area contributed by atoms with Crippen molar-refractivity contribution < 1.29 is 13.9 Å². The van der Waals surface area contributed by atoms with Crippen LogP contribution in [0.25, 0.3) is 0 Å². The van der Waals surface area contributed by atoms with Crippen LogP contribution in [0.1, 0.15) is 18.5 Å². The highest BCUT2D eigenvalue weighted by molar-refractivity contribution is 5.78. The quantitative estimate of drug-likeness (QED) is 0.848. The third kappa shape index (κ3) is 5.20. The van der Waals surface area contributed by atoms with Gasteiger partial charge in [0.25, 0.3) is 0 Å². The monoisotopic (exact) mass is 371 g/mol. The van der Waals surface area contributed by atoms with Crippen LogP contribution < -0.4 is 15.0 Å². The first-order valence-corrected chi connectivity index (χ1v) is 9.21. The summed E-state index contributed by atoms with van der Waals surface area (Å²) in [6.07, 6.45) is 0. The van der Waals surface area contributed by atoms with Crippen molar-refractivity contribution in [2.24, 2.45) is 0 Å². The minimum Gasteiger partial charge on any atom is -0.497 e. The molecular weight excluding hydrogens is 345 g/mol. The molecule has 0 saturated carbocycles. The smallest absolute Gasteiger partial charge is 0.234 e. The van der Waals surface area contributed by atoms with Crippen molar-refractivity contribution in [2.75, 3.05) is 44.7 Å². The first kappa shape index (κ1) is 19.2. The molecule has 1 atom stereocenters. The Labute approximate surface area is 159 Å². The standard InChI is InChI=1S/C21H26FN3O2/c1-16(17-3-5-18(22)6-4-17)23-21(26)15-24-11-13-25(14-12-24)19-7-9-20(27-2)10-8-19/h3-10,16H,11-15H2,1-2H3,(H,23,26)/t16-/m0/s1. The number of ether oxygens (including phenoxy) is 1. The number of amides is 1. The van der Waals surface area contributed by atoms with E-state index in [0.717, 1.165) is 37.5 Å². The molecule has 1 saturated heterocycles. The maximum absolute atomic E-state index is 13.0. The fraction of sp³-hybridized carbons (Fsp3) is 0.381. The molecule has 0 bridgehead atoms. The van der Waals surface area contributed by atoms with Crippen molar-refractivity contribution in [2.45, 2.75) is 13.0 Å². The lowest BCUT2D eigenvalue weighted by Gasteiger charge is -2.36. The molecule has 1 amide bonds. The number of carbonyl (C=O) groups is 1. The number of hydrogen-bond acceptors (Lipinski definition) is 4. The third-order valence-electron chi connectivity index (χ3n) is 4.92. The molecule has 0 spiro atoms. The van der Waals surface area contributed by atoms with Crippen LogP contribution in [-0.2, 0) is 4.79 Å². The number of carbonyl (C=O) groups excluding carboxylic acids is 1. The molecule has 1 fully saturated rings. The van der Waals surface area contributed by atoms with Crippen LogP contribution in [0.3, 0.4) is 0 Å². The molecule has 3 rings (SSSR count). The molecule has 1 aliphatic rings. The van der Waals surface area contributed by atoms with Crippen molar-refractivity contribution in [3.63, 3.8) is 0 Å². The fourth-order valence-corrected chi connectivity index (χ4v) is 3.28. The second-order valence-corrected chi connectivity index (χ2v) is 6.80. The maximum atomic E-state index is 13.0. The van der Waals surface area contributed by atoms with Crippen LogP contribution in [0.2, 0.25) is 0 Å². The molecule has 0 unspecified atom stereocenters. The van der Waals surface area contributed by atoms with Crippen LogP contribution in [0.4, 0.5) is 10.1 Å². The van der Waals surface area contributed by atoms with Gasteiger partial charge in [0.05, 0.1) is 19.7 Å². The minimum absolute atomic E-state index is 0.00952. The van der Waals surface area contributed by atoms with Gasteiger partial charge in [-0.25, -0.2) is 4.39 Å². The Kier molecular flexibility index (Phi) is 6.29. The van der Waals surface area contributed by atoms with Crippen molar-refractivity contribution in [1.82, 2.24) is 10.2 Å². The van der Waals surface area contributed by atoms with E-state index in [9.17, 15) is 9.18 Å². The number of hydrogen-bond donors (Lipinski definition) is 1. The molecule has 1 aliphatic heterocycles. The number of nitrogens with one attached hydrogen (secondary N) is 1. The van der Waals surface area contributed by atoms with Gasteiger partial charge in [-0.3, -0.25) is 9.69 Å². The van der Waals surface area contributed by atoms with Gasteiger partial charge >= 0.3 is 0 Å². The largest absolute Gasteiger partial charge is 0.497 e. The van der Waals surface area contributed by atoms with E-state index in [1.54, 1.807) is 19.2 Å². The van der Waals surface area contributed by atoms with Crippen LogP contribution in [0, 0.1) is 5.82 Å². The van der Waals surface area contributed by atoms with E-state index in [1.807, 2.05) is 19.1 Å². The molecule has 5 nitrogen and oxygen atoms in total. The Morgan fingerprint density at radius 1 is 1.07 bits per heavy atom. The molecule has 1 N–H and O–H groups in total. The summed E-state index contributed by atoms with van der Waals surface area (Å²) in [6, 6.07) is 14.1. The topological polar surface area (TPSA) is 44.8 Å². The Morgan fingerprint density at radius 3 is 2.30 bits per heavy atom. The van der Waals surface area contributed by atoms with E-state index in [0.29, 0.717) is 6.54 Å². The first-order valence-electron chi connectivity index (χ1n) is 9.21. The highest BCUT2D eigenvalue weighted by Gasteiger charge is 2.20. The lowest BCUT2D eigenvalue weighted by atomic mass is 10.1. The van der Waals surface area contributed by atoms with Gasteiger partial charge in [-0.1, -0.05) is 12.1 Å². The molecule has 27 heavy (non-hydrogen) atoms. The molecular formula is C21H26FN3O2. The summed E-state index contributed by atoms with van der Waals surface area (Å²) >= 11 is 0. The zero-order valence-corrected chi connectivity index (χ0v) is 15.8. The zero-order valence-electron chi connectivity index (χ0n) is 15.8. The Hall–Kier alpha value is -2.60. The summed E-state index contributed by atoms with van der Waals surface area (Å²) in [7, 11) is 1.66. The SMILES string of the molecule is COc1ccc(N2CCN(CC(=O)N[C@@H](C)c3ccc(F)cc3)CC2)cc1. The second-order valence-electron chi connectivity index (χ2n) is 6.80. The predicted molar refractivity (Wildman–Crippen MR) is 105 cm³/mol. The minimum atomic E-state index is -0.271. The molecule has 0 aliphatic carbocycles. The molecule has 2 aromatic carbocycles. The second kappa shape index (κ2) is 8.86. The van der Waals surface area contributed by atoms with Crippen LogP contribution >= 0.6 is 0 Å². The van der Waals surface area contributed by atoms with Crippen LogP contribution in [0.5, 0.6) is 5.75 Å². The van der Waals surface area contributed by atoms with Gasteiger partial charge in [-0.05, 0) is 48.9 Å². The Morgan fingerprint density at radius 2 is 1.70 bits per heavy atom. The number of halogens is 1. The van der Waals surface area contributed by atoms with Crippen molar-refractivity contribution in [3.8, 4) is 5.75 Å². The fourth-order valence-electron chi connectivity index (χ4n) is 3.28. The number of piperazine rings is 1. The number of methoxy groups -OCH3 is 1. The van der Waals surface area contributed by atoms with Crippen LogP contribution in [-0.4, -0.2) is 50.6 Å². The van der Waals surface area contributed by atoms with E-state index < -0.39 is 0 Å². The molecule has 0 radical (unpaired) electrons. The van der Waals surface area contributed by atoms with Crippen molar-refractivity contribution in [3.05, 3.63) is 59.9 Å². The highest BCUT2D eigenvalue weighted by Crippen LogP contribution is 2.20. The maximum Gasteiger partial charge on any atom is 0.234 e. The van der Waals surface area contributed by atoms with Gasteiger partial charge in [0.15, 0.2) is 0 Å². The lowest BCUT2D eigenvalue weighted by molar-refractivity contribution is -0.123. The van der Waals surface area contributed by atoms with E-state index in [4.69, 9.17) is 4.74 Å². The molecule has 6 heteroatoms. The highest BCUT2D eigenvalue weighted by atomic mass is 19.1. The molecule has 144 valence electrons. The number of rotatable bonds is 6. The summed E-state index contributed by atoms with van der Waals surface area (Å²) in [5.74, 6) is 0.570. The number of nitrogens with zero attached hydrogens (tertiary/aromatic N) is 2. The summed E-state index contributed by atoms with van der Waals surface area (Å²) < 4.78 is 18.2. The average molecular weight is 371 g/mol. The lowest BCUT2D eigenvalue weighted by Crippen LogP contribution is -2.49. The van der Waals surface area contributed by atoms with Gasteiger partial charge in [0, 0.05) is 31.9 Å². The van der Waals surface area contributed by atoms with E-state index in [2.05, 4.69) is 27.2 Å². The summed E-state index contributed by atoms with van der Waals surface area (Å²) in [4.78, 5) is 16.8. The normalized spacial score (nSPS) is 16.0. The molecule has 2 aromatic rings. The van der Waals surface area contributed by atoms with Gasteiger partial charge in [0.1, 0.15) is 11.6 Å². The van der Waals surface area contributed by atoms with Gasteiger partial charge in [-0.15, -0.1) is 0 Å². The van der Waals surface area contributed by atoms with E-state index in [1.165, 1.54) is 17.8 Å². The van der Waals surface area contributed by atoms with E-state index in [-0.39, 0.29) is 17.8 Å². The van der Waals surface area contributed by atoms with Crippen LogP contribution in [0.15, 0.2) is 48.5 Å². The first-order chi connectivity index (χ1) is 13.0. The Balaban J connectivity index is 1.45. The van der Waals surface area contributed by atoms with E-state index >= 15 is 0 Å². The Bertz CT molecular complexity index is 741. The number of anilines is 1. The molecule has 1 heterocycles. The third-order valence-corrected chi connectivity index (χ3v) is 4.92. The predicted octanol–water partition coefficient (Wildman–Crippen LogP) is 2.83. The summed E-state index contributed by atoms with van der Waals surface area (Å²) in [5.41, 5.74) is 2.07. The van der Waals surface area contributed by atoms with Crippen molar-refractivity contribution >= 4 is 11.6 Å². The summed E-state index contributed by atoms with van der Waals surface area (Å²) in [5, 5.41) is 2.99. The zero-order chi connectivity index (χ0) is 19.2. The summed E-state index contributed by atoms with van der Waals surface area (Å²) in [6.45, 7) is 5.73. The van der Waals surface area contributed by atoms with Gasteiger partial charge in [-0.2, -0.15) is 0 Å². The van der Waals surface area contributed by atoms with Gasteiger partial charge in [0.2, 0.25) is 5.91 Å². The molecule has 0 aromatic heterocycles. The number of benzene rings is 2. The van der Waals surface area contributed by atoms with Gasteiger partial charge < -0.3 is 15.0 Å². The van der Waals surface area contributed by atoms with Crippen molar-refractivity contribution in [1.29, 1.82) is 0 Å².